The van der Waals surface area contributed by atoms with E-state index >= 15 is 0 Å². The minimum absolute atomic E-state index is 0.0999. The van der Waals surface area contributed by atoms with Crippen molar-refractivity contribution in [2.24, 2.45) is 11.5 Å². The second-order valence-electron chi connectivity index (χ2n) is 3.17. The summed E-state index contributed by atoms with van der Waals surface area (Å²) in [6.45, 7) is 0. The Kier molecular flexibility index (Phi) is 3.94. The van der Waals surface area contributed by atoms with E-state index in [2.05, 4.69) is 0 Å². The summed E-state index contributed by atoms with van der Waals surface area (Å²) in [4.78, 5) is 10.7. The molecule has 4 N–H and O–H groups in total. The number of rotatable bonds is 4. The molecule has 0 aliphatic rings. The van der Waals surface area contributed by atoms with E-state index in [-0.39, 0.29) is 6.42 Å². The van der Waals surface area contributed by atoms with E-state index in [9.17, 15) is 4.79 Å². The summed E-state index contributed by atoms with van der Waals surface area (Å²) in [6, 6.07) is 4.72. The number of ether oxygens (including phenoxy) is 1. The summed E-state index contributed by atoms with van der Waals surface area (Å²) in [7, 11) is 1.53. The van der Waals surface area contributed by atoms with E-state index in [1.54, 1.807) is 18.2 Å². The summed E-state index contributed by atoms with van der Waals surface area (Å²) in [5.41, 5.74) is 11.6. The minimum Gasteiger partial charge on any atom is -0.495 e. The quantitative estimate of drug-likeness (QED) is 0.814. The number of carbonyl (C=O) groups excluding carboxylic acids is 1. The average Bonchev–Trinajstić information content (AvgIpc) is 2.16. The molecule has 0 saturated carbocycles. The average molecular weight is 229 g/mol. The first kappa shape index (κ1) is 11.8. The maximum atomic E-state index is 10.7. The normalized spacial score (nSPS) is 12.2. The van der Waals surface area contributed by atoms with Gasteiger partial charge in [-0.05, 0) is 17.7 Å². The van der Waals surface area contributed by atoms with Gasteiger partial charge in [0.1, 0.15) is 5.75 Å². The molecule has 0 unspecified atom stereocenters. The SMILES string of the molecule is COc1ccc([C@H](N)CC(N)=O)cc1Cl. The Bertz CT molecular complexity index is 368. The van der Waals surface area contributed by atoms with Crippen LogP contribution in [-0.2, 0) is 4.79 Å². The standard InChI is InChI=1S/C10H13ClN2O2/c1-15-9-3-2-6(4-7(9)11)8(12)5-10(13)14/h2-4,8H,5,12H2,1H3,(H2,13,14)/t8-/m1/s1. The van der Waals surface area contributed by atoms with Gasteiger partial charge in [0.15, 0.2) is 0 Å². The topological polar surface area (TPSA) is 78.3 Å². The minimum atomic E-state index is -0.436. The molecule has 1 aromatic rings. The van der Waals surface area contributed by atoms with Crippen LogP contribution in [-0.4, -0.2) is 13.0 Å². The Labute approximate surface area is 93.1 Å². The Morgan fingerprint density at radius 3 is 2.73 bits per heavy atom. The number of benzene rings is 1. The molecule has 5 heteroatoms. The number of methoxy groups -OCH3 is 1. The van der Waals surface area contributed by atoms with E-state index in [4.69, 9.17) is 27.8 Å². The fourth-order valence-corrected chi connectivity index (χ4v) is 1.51. The van der Waals surface area contributed by atoms with Crippen LogP contribution in [0, 0.1) is 0 Å². The van der Waals surface area contributed by atoms with Crippen molar-refractivity contribution in [1.82, 2.24) is 0 Å². The van der Waals surface area contributed by atoms with Gasteiger partial charge in [0, 0.05) is 12.5 Å². The highest BCUT2D eigenvalue weighted by molar-refractivity contribution is 6.32. The van der Waals surface area contributed by atoms with Crippen LogP contribution >= 0.6 is 11.6 Å². The lowest BCUT2D eigenvalue weighted by molar-refractivity contribution is -0.118. The highest BCUT2D eigenvalue weighted by Crippen LogP contribution is 2.27. The summed E-state index contributed by atoms with van der Waals surface area (Å²) in [6.07, 6.45) is 0.0999. The molecule has 0 saturated heterocycles. The van der Waals surface area contributed by atoms with Crippen LogP contribution in [0.25, 0.3) is 0 Å². The Morgan fingerprint density at radius 2 is 2.27 bits per heavy atom. The zero-order valence-corrected chi connectivity index (χ0v) is 9.12. The zero-order chi connectivity index (χ0) is 11.4. The molecule has 0 aliphatic carbocycles. The van der Waals surface area contributed by atoms with Crippen molar-refractivity contribution in [3.8, 4) is 5.75 Å². The number of nitrogens with two attached hydrogens (primary N) is 2. The van der Waals surface area contributed by atoms with Crippen LogP contribution in [0.15, 0.2) is 18.2 Å². The number of hydrogen-bond donors (Lipinski definition) is 2. The molecule has 1 aromatic carbocycles. The lowest BCUT2D eigenvalue weighted by Crippen LogP contribution is -2.20. The predicted octanol–water partition coefficient (Wildman–Crippen LogP) is 1.22. The molecule has 0 fully saturated rings. The van der Waals surface area contributed by atoms with E-state index in [1.165, 1.54) is 7.11 Å². The molecule has 1 amide bonds. The largest absolute Gasteiger partial charge is 0.495 e. The van der Waals surface area contributed by atoms with Crippen LogP contribution in [0.3, 0.4) is 0 Å². The molecule has 0 radical (unpaired) electrons. The molecule has 1 atom stereocenters. The molecule has 0 heterocycles. The highest BCUT2D eigenvalue weighted by atomic mass is 35.5. The first-order valence-corrected chi connectivity index (χ1v) is 4.79. The number of halogens is 1. The second-order valence-corrected chi connectivity index (χ2v) is 3.58. The van der Waals surface area contributed by atoms with Gasteiger partial charge < -0.3 is 16.2 Å². The highest BCUT2D eigenvalue weighted by Gasteiger charge is 2.11. The second kappa shape index (κ2) is 5.00. The lowest BCUT2D eigenvalue weighted by atomic mass is 10.0. The maximum Gasteiger partial charge on any atom is 0.219 e. The van der Waals surface area contributed by atoms with Gasteiger partial charge in [-0.2, -0.15) is 0 Å². The van der Waals surface area contributed by atoms with Gasteiger partial charge >= 0.3 is 0 Å². The summed E-state index contributed by atoms with van der Waals surface area (Å²) in [5.74, 6) is 0.140. The van der Waals surface area contributed by atoms with Gasteiger partial charge in [0.2, 0.25) is 5.91 Å². The molecule has 4 nitrogen and oxygen atoms in total. The third-order valence-corrected chi connectivity index (χ3v) is 2.32. The smallest absolute Gasteiger partial charge is 0.219 e. The molecule has 0 aromatic heterocycles. The maximum absolute atomic E-state index is 10.7. The fraction of sp³-hybridized carbons (Fsp3) is 0.300. The van der Waals surface area contributed by atoms with Crippen molar-refractivity contribution >= 4 is 17.5 Å². The summed E-state index contributed by atoms with van der Waals surface area (Å²) < 4.78 is 5.00. The molecular formula is C10H13ClN2O2. The Hall–Kier alpha value is -1.26. The van der Waals surface area contributed by atoms with Crippen molar-refractivity contribution in [3.63, 3.8) is 0 Å². The van der Waals surface area contributed by atoms with Gasteiger partial charge in [-0.15, -0.1) is 0 Å². The molecule has 0 bridgehead atoms. The van der Waals surface area contributed by atoms with E-state index in [0.29, 0.717) is 10.8 Å². The van der Waals surface area contributed by atoms with Gasteiger partial charge in [-0.25, -0.2) is 0 Å². The van der Waals surface area contributed by atoms with Crippen LogP contribution in [0.5, 0.6) is 5.75 Å². The molecule has 0 spiro atoms. The number of amides is 1. The zero-order valence-electron chi connectivity index (χ0n) is 8.37. The van der Waals surface area contributed by atoms with Crippen molar-refractivity contribution in [2.45, 2.75) is 12.5 Å². The van der Waals surface area contributed by atoms with Crippen LogP contribution in [0.1, 0.15) is 18.0 Å². The third-order valence-electron chi connectivity index (χ3n) is 2.03. The van der Waals surface area contributed by atoms with Gasteiger partial charge in [0.05, 0.1) is 12.1 Å². The summed E-state index contributed by atoms with van der Waals surface area (Å²) in [5, 5.41) is 0.468. The van der Waals surface area contributed by atoms with Crippen molar-refractivity contribution in [2.75, 3.05) is 7.11 Å². The van der Waals surface area contributed by atoms with Gasteiger partial charge in [-0.1, -0.05) is 17.7 Å². The summed E-state index contributed by atoms with van der Waals surface area (Å²) >= 11 is 5.91. The van der Waals surface area contributed by atoms with Crippen LogP contribution in [0.4, 0.5) is 0 Å². The van der Waals surface area contributed by atoms with E-state index in [0.717, 1.165) is 5.56 Å². The van der Waals surface area contributed by atoms with Crippen molar-refractivity contribution in [1.29, 1.82) is 0 Å². The number of hydrogen-bond acceptors (Lipinski definition) is 3. The predicted molar refractivity (Wildman–Crippen MR) is 58.7 cm³/mol. The van der Waals surface area contributed by atoms with E-state index in [1.807, 2.05) is 0 Å². The first-order valence-electron chi connectivity index (χ1n) is 4.42. The van der Waals surface area contributed by atoms with Crippen LogP contribution in [0.2, 0.25) is 5.02 Å². The molecule has 0 aliphatic heterocycles. The number of carbonyl (C=O) groups is 1. The molecule has 1 rings (SSSR count). The van der Waals surface area contributed by atoms with E-state index < -0.39 is 11.9 Å². The van der Waals surface area contributed by atoms with Crippen LogP contribution < -0.4 is 16.2 Å². The molecular weight excluding hydrogens is 216 g/mol. The monoisotopic (exact) mass is 228 g/mol. The van der Waals surface area contributed by atoms with Gasteiger partial charge in [0.25, 0.3) is 0 Å². The van der Waals surface area contributed by atoms with Gasteiger partial charge in [-0.3, -0.25) is 4.79 Å². The molecule has 82 valence electrons. The van der Waals surface area contributed by atoms with Crippen molar-refractivity contribution < 1.29 is 9.53 Å². The lowest BCUT2D eigenvalue weighted by Gasteiger charge is -2.11. The van der Waals surface area contributed by atoms with Crippen molar-refractivity contribution in [3.05, 3.63) is 28.8 Å². The Balaban J connectivity index is 2.87. The Morgan fingerprint density at radius 1 is 1.60 bits per heavy atom. The first-order chi connectivity index (χ1) is 7.04. The third kappa shape index (κ3) is 3.11. The fourth-order valence-electron chi connectivity index (χ4n) is 1.25. The molecule has 15 heavy (non-hydrogen) atoms. The number of primary amides is 1.